The lowest BCUT2D eigenvalue weighted by Gasteiger charge is -2.35. The quantitative estimate of drug-likeness (QED) is 0.896. The van der Waals surface area contributed by atoms with Crippen molar-refractivity contribution in [3.63, 3.8) is 0 Å². The fourth-order valence-electron chi connectivity index (χ4n) is 2.22. The molecule has 0 amide bonds. The number of thiazole rings is 1. The van der Waals surface area contributed by atoms with Crippen LogP contribution in [0.25, 0.3) is 0 Å². The Kier molecular flexibility index (Phi) is 3.39. The zero-order valence-corrected chi connectivity index (χ0v) is 11.7. The largest absolute Gasteiger partial charge is 0.396 e. The second-order valence-electron chi connectivity index (χ2n) is 4.51. The van der Waals surface area contributed by atoms with E-state index < -0.39 is 0 Å². The zero-order valence-electron chi connectivity index (χ0n) is 10.9. The number of rotatable bonds is 2. The van der Waals surface area contributed by atoms with E-state index in [1.807, 2.05) is 23.7 Å². The normalized spacial score (nSPS) is 15.2. The van der Waals surface area contributed by atoms with E-state index in [-0.39, 0.29) is 0 Å². The number of anilines is 3. The summed E-state index contributed by atoms with van der Waals surface area (Å²) in [6.07, 6.45) is 1.83. The van der Waals surface area contributed by atoms with Gasteiger partial charge in [0.15, 0.2) is 10.8 Å². The van der Waals surface area contributed by atoms with Crippen molar-refractivity contribution in [2.24, 2.45) is 0 Å². The van der Waals surface area contributed by atoms with Gasteiger partial charge in [-0.05, 0) is 12.1 Å². The zero-order chi connectivity index (χ0) is 13.9. The van der Waals surface area contributed by atoms with Crippen molar-refractivity contribution in [1.29, 1.82) is 5.26 Å². The van der Waals surface area contributed by atoms with E-state index in [1.165, 1.54) is 0 Å². The highest BCUT2D eigenvalue weighted by Crippen LogP contribution is 2.22. The maximum Gasteiger partial charge on any atom is 0.185 e. The maximum atomic E-state index is 8.98. The van der Waals surface area contributed by atoms with Gasteiger partial charge < -0.3 is 15.5 Å². The van der Waals surface area contributed by atoms with Crippen molar-refractivity contribution < 1.29 is 0 Å². The fourth-order valence-corrected chi connectivity index (χ4v) is 2.92. The average Bonchev–Trinajstić information content (AvgIpc) is 3.02. The van der Waals surface area contributed by atoms with Gasteiger partial charge in [0.05, 0.1) is 5.69 Å². The molecule has 2 aromatic heterocycles. The monoisotopic (exact) mass is 286 g/mol. The molecule has 0 aliphatic carbocycles. The summed E-state index contributed by atoms with van der Waals surface area (Å²) in [4.78, 5) is 13.1. The minimum Gasteiger partial charge on any atom is -0.396 e. The summed E-state index contributed by atoms with van der Waals surface area (Å²) in [5.74, 6) is 0.814. The Morgan fingerprint density at radius 2 is 1.95 bits per heavy atom. The van der Waals surface area contributed by atoms with Crippen LogP contribution in [0.15, 0.2) is 23.7 Å². The molecule has 3 rings (SSSR count). The molecule has 2 N–H and O–H groups in total. The third kappa shape index (κ3) is 2.38. The summed E-state index contributed by atoms with van der Waals surface area (Å²) >= 11 is 1.66. The Morgan fingerprint density at radius 1 is 1.20 bits per heavy atom. The summed E-state index contributed by atoms with van der Waals surface area (Å²) in [5, 5.41) is 12.0. The predicted octanol–water partition coefficient (Wildman–Crippen LogP) is 1.32. The first-order valence-corrected chi connectivity index (χ1v) is 7.22. The van der Waals surface area contributed by atoms with Crippen LogP contribution in [-0.2, 0) is 0 Å². The predicted molar refractivity (Wildman–Crippen MR) is 79.9 cm³/mol. The lowest BCUT2D eigenvalue weighted by molar-refractivity contribution is 0.646. The van der Waals surface area contributed by atoms with Crippen LogP contribution < -0.4 is 15.5 Å². The Labute approximate surface area is 121 Å². The summed E-state index contributed by atoms with van der Waals surface area (Å²) in [5.41, 5.74) is 6.42. The Balaban J connectivity index is 1.71. The molecule has 0 spiro atoms. The summed E-state index contributed by atoms with van der Waals surface area (Å²) in [6, 6.07) is 5.64. The second kappa shape index (κ2) is 5.35. The number of nitrogens with zero attached hydrogens (tertiary/aromatic N) is 5. The van der Waals surface area contributed by atoms with Crippen LogP contribution >= 0.6 is 11.3 Å². The van der Waals surface area contributed by atoms with Crippen LogP contribution in [0.1, 0.15) is 5.69 Å². The SMILES string of the molecule is N#Cc1nc(N2CCN(c3nccs3)CC2)ccc1N. The van der Waals surface area contributed by atoms with E-state index >= 15 is 0 Å². The molecular formula is C13H14N6S. The molecule has 0 saturated carbocycles. The first-order chi connectivity index (χ1) is 9.78. The number of hydrogen-bond donors (Lipinski definition) is 1. The van der Waals surface area contributed by atoms with Gasteiger partial charge in [0, 0.05) is 37.8 Å². The van der Waals surface area contributed by atoms with E-state index in [4.69, 9.17) is 11.0 Å². The van der Waals surface area contributed by atoms with E-state index in [0.717, 1.165) is 37.1 Å². The molecule has 0 atom stereocenters. The maximum absolute atomic E-state index is 8.98. The third-order valence-electron chi connectivity index (χ3n) is 3.31. The molecule has 1 saturated heterocycles. The van der Waals surface area contributed by atoms with Crippen molar-refractivity contribution in [2.75, 3.05) is 41.7 Å². The Bertz CT molecular complexity index is 625. The number of nitrogens with two attached hydrogens (primary N) is 1. The standard InChI is InChI=1S/C13H14N6S/c14-9-11-10(15)1-2-12(17-11)18-4-6-19(7-5-18)13-16-3-8-20-13/h1-3,8H,4-7,15H2. The van der Waals surface area contributed by atoms with Crippen molar-refractivity contribution in [1.82, 2.24) is 9.97 Å². The molecular weight excluding hydrogens is 272 g/mol. The van der Waals surface area contributed by atoms with Crippen LogP contribution in [0, 0.1) is 11.3 Å². The van der Waals surface area contributed by atoms with Crippen molar-refractivity contribution in [3.05, 3.63) is 29.4 Å². The van der Waals surface area contributed by atoms with Gasteiger partial charge in [0.25, 0.3) is 0 Å². The highest BCUT2D eigenvalue weighted by Gasteiger charge is 2.20. The van der Waals surface area contributed by atoms with Crippen molar-refractivity contribution in [3.8, 4) is 6.07 Å². The average molecular weight is 286 g/mol. The summed E-state index contributed by atoms with van der Waals surface area (Å²) in [7, 11) is 0. The van der Waals surface area contributed by atoms with Gasteiger partial charge in [-0.15, -0.1) is 11.3 Å². The van der Waals surface area contributed by atoms with Crippen LogP contribution in [-0.4, -0.2) is 36.1 Å². The van der Waals surface area contributed by atoms with Gasteiger partial charge in [-0.25, -0.2) is 9.97 Å². The van der Waals surface area contributed by atoms with Crippen molar-refractivity contribution in [2.45, 2.75) is 0 Å². The molecule has 0 aromatic carbocycles. The molecule has 102 valence electrons. The highest BCUT2D eigenvalue weighted by atomic mass is 32.1. The van der Waals surface area contributed by atoms with Gasteiger partial charge in [-0.1, -0.05) is 0 Å². The number of nitrogen functional groups attached to an aromatic ring is 1. The number of pyridine rings is 1. The second-order valence-corrected chi connectivity index (χ2v) is 5.38. The first kappa shape index (κ1) is 12.7. The molecule has 0 radical (unpaired) electrons. The van der Waals surface area contributed by atoms with Gasteiger partial charge in [-0.3, -0.25) is 0 Å². The Morgan fingerprint density at radius 3 is 2.60 bits per heavy atom. The van der Waals surface area contributed by atoms with Crippen molar-refractivity contribution >= 4 is 28.0 Å². The number of hydrogen-bond acceptors (Lipinski definition) is 7. The first-order valence-electron chi connectivity index (χ1n) is 6.34. The number of piperazine rings is 1. The molecule has 1 aliphatic rings. The molecule has 1 aliphatic heterocycles. The molecule has 7 heteroatoms. The lowest BCUT2D eigenvalue weighted by Crippen LogP contribution is -2.46. The molecule has 3 heterocycles. The summed E-state index contributed by atoms with van der Waals surface area (Å²) < 4.78 is 0. The van der Waals surface area contributed by atoms with Crippen LogP contribution in [0.5, 0.6) is 0 Å². The van der Waals surface area contributed by atoms with Crippen LogP contribution in [0.2, 0.25) is 0 Å². The van der Waals surface area contributed by atoms with Crippen LogP contribution in [0.3, 0.4) is 0 Å². The van der Waals surface area contributed by atoms with Gasteiger partial charge >= 0.3 is 0 Å². The fraction of sp³-hybridized carbons (Fsp3) is 0.308. The molecule has 2 aromatic rings. The van der Waals surface area contributed by atoms with Gasteiger partial charge in [0.2, 0.25) is 0 Å². The third-order valence-corrected chi connectivity index (χ3v) is 4.14. The van der Waals surface area contributed by atoms with E-state index in [9.17, 15) is 0 Å². The summed E-state index contributed by atoms with van der Waals surface area (Å²) in [6.45, 7) is 3.53. The van der Waals surface area contributed by atoms with E-state index in [1.54, 1.807) is 17.4 Å². The van der Waals surface area contributed by atoms with Gasteiger partial charge in [-0.2, -0.15) is 5.26 Å². The highest BCUT2D eigenvalue weighted by molar-refractivity contribution is 7.13. The Hall–Kier alpha value is -2.33. The van der Waals surface area contributed by atoms with E-state index in [0.29, 0.717) is 11.4 Å². The molecule has 6 nitrogen and oxygen atoms in total. The molecule has 0 bridgehead atoms. The van der Waals surface area contributed by atoms with Gasteiger partial charge in [0.1, 0.15) is 11.9 Å². The van der Waals surface area contributed by atoms with E-state index in [2.05, 4.69) is 19.8 Å². The topological polar surface area (TPSA) is 82.1 Å². The number of nitriles is 1. The minimum absolute atomic E-state index is 0.296. The molecule has 1 fully saturated rings. The molecule has 20 heavy (non-hydrogen) atoms. The minimum atomic E-state index is 0.296. The smallest absolute Gasteiger partial charge is 0.185 e. The lowest BCUT2D eigenvalue weighted by atomic mass is 10.2. The number of aromatic nitrogens is 2. The molecule has 0 unspecified atom stereocenters. The van der Waals surface area contributed by atoms with Crippen LogP contribution in [0.4, 0.5) is 16.6 Å².